The summed E-state index contributed by atoms with van der Waals surface area (Å²) in [7, 11) is 0. The summed E-state index contributed by atoms with van der Waals surface area (Å²) in [5.41, 5.74) is 0. The van der Waals surface area contributed by atoms with Crippen LogP contribution in [-0.2, 0) is 9.47 Å². The normalized spacial score (nSPS) is 10.6. The van der Waals surface area contributed by atoms with E-state index in [0.29, 0.717) is 13.2 Å². The zero-order chi connectivity index (χ0) is 18.5. The second-order valence-electron chi connectivity index (χ2n) is 6.05. The highest BCUT2D eigenvalue weighted by molar-refractivity contribution is 5.86. The van der Waals surface area contributed by atoms with Gasteiger partial charge in [-0.1, -0.05) is 38.5 Å². The van der Waals surface area contributed by atoms with Crippen molar-refractivity contribution in [1.82, 2.24) is 0 Å². The molecule has 2 heterocycles. The lowest BCUT2D eigenvalue weighted by molar-refractivity contribution is 0.0452. The molecule has 142 valence electrons. The molecule has 6 heteroatoms. The molecule has 0 spiro atoms. The van der Waals surface area contributed by atoms with Gasteiger partial charge in [-0.05, 0) is 37.1 Å². The van der Waals surface area contributed by atoms with Crippen LogP contribution in [0.2, 0.25) is 0 Å². The molecule has 0 aromatic carbocycles. The fraction of sp³-hybridized carbons (Fsp3) is 0.500. The summed E-state index contributed by atoms with van der Waals surface area (Å²) in [5.74, 6) is -0.301. The summed E-state index contributed by atoms with van der Waals surface area (Å²) in [4.78, 5) is 23.0. The van der Waals surface area contributed by atoms with E-state index in [0.717, 1.165) is 51.4 Å². The summed E-state index contributed by atoms with van der Waals surface area (Å²) in [6.45, 7) is 0.862. The first-order valence-electron chi connectivity index (χ1n) is 9.18. The minimum absolute atomic E-state index is 0.250. The first-order valence-corrected chi connectivity index (χ1v) is 9.18. The molecular weight excluding hydrogens is 336 g/mol. The number of ether oxygens (including phenoxy) is 2. The van der Waals surface area contributed by atoms with E-state index in [9.17, 15) is 9.59 Å². The molecule has 0 saturated carbocycles. The zero-order valence-electron chi connectivity index (χ0n) is 15.0. The van der Waals surface area contributed by atoms with Crippen LogP contribution < -0.4 is 0 Å². The standard InChI is InChI=1S/C20H26O6/c21-19(17-11-9-15-23-17)25-13-7-5-3-1-2-4-6-8-14-26-20(22)18-12-10-16-24-18/h9-12,15-16H,1-8,13-14H2. The Kier molecular flexibility index (Phi) is 9.11. The molecule has 2 rings (SSSR count). The van der Waals surface area contributed by atoms with Crippen molar-refractivity contribution < 1.29 is 27.9 Å². The molecule has 2 aromatic rings. The van der Waals surface area contributed by atoms with Crippen LogP contribution >= 0.6 is 0 Å². The number of furan rings is 2. The minimum Gasteiger partial charge on any atom is -0.460 e. The maximum Gasteiger partial charge on any atom is 0.374 e. The van der Waals surface area contributed by atoms with E-state index in [2.05, 4.69) is 0 Å². The Morgan fingerprint density at radius 2 is 1.04 bits per heavy atom. The monoisotopic (exact) mass is 362 g/mol. The van der Waals surface area contributed by atoms with Gasteiger partial charge in [-0.3, -0.25) is 0 Å². The van der Waals surface area contributed by atoms with Crippen LogP contribution in [0.5, 0.6) is 0 Å². The van der Waals surface area contributed by atoms with Gasteiger partial charge in [0.15, 0.2) is 0 Å². The molecule has 0 bridgehead atoms. The molecule has 0 atom stereocenters. The summed E-state index contributed by atoms with van der Waals surface area (Å²) < 4.78 is 20.2. The van der Waals surface area contributed by atoms with Crippen molar-refractivity contribution in [1.29, 1.82) is 0 Å². The lowest BCUT2D eigenvalue weighted by Gasteiger charge is -2.04. The van der Waals surface area contributed by atoms with E-state index in [1.165, 1.54) is 12.5 Å². The fourth-order valence-corrected chi connectivity index (χ4v) is 2.53. The Labute approximate surface area is 153 Å². The van der Waals surface area contributed by atoms with Crippen LogP contribution in [0.1, 0.15) is 72.5 Å². The molecule has 0 amide bonds. The van der Waals surface area contributed by atoms with Crippen molar-refractivity contribution in [2.75, 3.05) is 13.2 Å². The van der Waals surface area contributed by atoms with Gasteiger partial charge in [-0.2, -0.15) is 0 Å². The molecule has 0 aliphatic rings. The van der Waals surface area contributed by atoms with E-state index in [1.807, 2.05) is 0 Å². The van der Waals surface area contributed by atoms with Crippen molar-refractivity contribution in [3.8, 4) is 0 Å². The average molecular weight is 362 g/mol. The van der Waals surface area contributed by atoms with E-state index >= 15 is 0 Å². The number of rotatable bonds is 13. The van der Waals surface area contributed by atoms with Crippen LogP contribution in [0.15, 0.2) is 45.6 Å². The van der Waals surface area contributed by atoms with Gasteiger partial charge < -0.3 is 18.3 Å². The first kappa shape index (κ1) is 19.8. The van der Waals surface area contributed by atoms with Crippen LogP contribution in [0, 0.1) is 0 Å². The van der Waals surface area contributed by atoms with Crippen LogP contribution in [-0.4, -0.2) is 25.2 Å². The van der Waals surface area contributed by atoms with Crippen molar-refractivity contribution in [2.45, 2.75) is 51.4 Å². The van der Waals surface area contributed by atoms with Crippen molar-refractivity contribution >= 4 is 11.9 Å². The number of esters is 2. The summed E-state index contributed by atoms with van der Waals surface area (Å²) >= 11 is 0. The molecule has 0 fully saturated rings. The maximum atomic E-state index is 11.5. The number of carbonyl (C=O) groups excluding carboxylic acids is 2. The fourth-order valence-electron chi connectivity index (χ4n) is 2.53. The molecule has 0 unspecified atom stereocenters. The summed E-state index contributed by atoms with van der Waals surface area (Å²) in [5, 5.41) is 0. The predicted octanol–water partition coefficient (Wildman–Crippen LogP) is 5.01. The lowest BCUT2D eigenvalue weighted by atomic mass is 10.1. The lowest BCUT2D eigenvalue weighted by Crippen LogP contribution is -2.05. The van der Waals surface area contributed by atoms with Gasteiger partial charge >= 0.3 is 11.9 Å². The number of unbranched alkanes of at least 4 members (excludes halogenated alkanes) is 7. The second kappa shape index (κ2) is 12.0. The average Bonchev–Trinajstić information content (AvgIpc) is 3.35. The first-order chi connectivity index (χ1) is 12.8. The molecule has 2 aromatic heterocycles. The maximum absolute atomic E-state index is 11.5. The number of carbonyl (C=O) groups is 2. The van der Waals surface area contributed by atoms with Gasteiger partial charge in [0.2, 0.25) is 11.5 Å². The molecule has 0 aliphatic carbocycles. The Morgan fingerprint density at radius 1 is 0.654 bits per heavy atom. The quantitative estimate of drug-likeness (QED) is 0.368. The molecular formula is C20H26O6. The largest absolute Gasteiger partial charge is 0.460 e. The highest BCUT2D eigenvalue weighted by Gasteiger charge is 2.09. The zero-order valence-corrected chi connectivity index (χ0v) is 15.0. The van der Waals surface area contributed by atoms with E-state index in [4.69, 9.17) is 18.3 Å². The third-order valence-electron chi connectivity index (χ3n) is 3.95. The Balaban J connectivity index is 1.33. The number of hydrogen-bond acceptors (Lipinski definition) is 6. The molecule has 26 heavy (non-hydrogen) atoms. The minimum atomic E-state index is -0.400. The van der Waals surface area contributed by atoms with Gasteiger partial charge in [0.05, 0.1) is 25.7 Å². The highest BCUT2D eigenvalue weighted by atomic mass is 16.5. The van der Waals surface area contributed by atoms with Crippen molar-refractivity contribution in [3.05, 3.63) is 48.3 Å². The van der Waals surface area contributed by atoms with E-state index in [-0.39, 0.29) is 11.5 Å². The molecule has 0 aliphatic heterocycles. The van der Waals surface area contributed by atoms with Gasteiger partial charge in [-0.15, -0.1) is 0 Å². The van der Waals surface area contributed by atoms with Crippen LogP contribution in [0.3, 0.4) is 0 Å². The van der Waals surface area contributed by atoms with Gasteiger partial charge in [0, 0.05) is 0 Å². The van der Waals surface area contributed by atoms with Crippen molar-refractivity contribution in [2.24, 2.45) is 0 Å². The van der Waals surface area contributed by atoms with Gasteiger partial charge in [-0.25, -0.2) is 9.59 Å². The highest BCUT2D eigenvalue weighted by Crippen LogP contribution is 2.10. The van der Waals surface area contributed by atoms with Gasteiger partial charge in [0.25, 0.3) is 0 Å². The van der Waals surface area contributed by atoms with Crippen LogP contribution in [0.25, 0.3) is 0 Å². The predicted molar refractivity (Wildman–Crippen MR) is 94.9 cm³/mol. The Morgan fingerprint density at radius 3 is 1.38 bits per heavy atom. The topological polar surface area (TPSA) is 78.9 Å². The molecule has 0 saturated heterocycles. The Hall–Kier alpha value is -2.50. The summed E-state index contributed by atoms with van der Waals surface area (Å²) in [6, 6.07) is 6.53. The van der Waals surface area contributed by atoms with E-state index in [1.54, 1.807) is 24.3 Å². The van der Waals surface area contributed by atoms with Crippen molar-refractivity contribution in [3.63, 3.8) is 0 Å². The third-order valence-corrected chi connectivity index (χ3v) is 3.95. The van der Waals surface area contributed by atoms with Gasteiger partial charge in [0.1, 0.15) is 0 Å². The summed E-state index contributed by atoms with van der Waals surface area (Å²) in [6.07, 6.45) is 11.3. The third kappa shape index (κ3) is 7.59. The van der Waals surface area contributed by atoms with E-state index < -0.39 is 11.9 Å². The number of hydrogen-bond donors (Lipinski definition) is 0. The molecule has 0 N–H and O–H groups in total. The molecule has 0 radical (unpaired) electrons. The second-order valence-corrected chi connectivity index (χ2v) is 6.05. The Bertz CT molecular complexity index is 559. The molecule has 6 nitrogen and oxygen atoms in total. The SMILES string of the molecule is O=C(OCCCCCCCCCCOC(=O)c1ccco1)c1ccco1. The van der Waals surface area contributed by atoms with Crippen LogP contribution in [0.4, 0.5) is 0 Å². The smallest absolute Gasteiger partial charge is 0.374 e.